The van der Waals surface area contributed by atoms with E-state index in [1.165, 1.54) is 6.07 Å². The van der Waals surface area contributed by atoms with Gasteiger partial charge in [-0.2, -0.15) is 13.2 Å². The van der Waals surface area contributed by atoms with Gasteiger partial charge >= 0.3 is 12.3 Å². The molecule has 1 unspecified atom stereocenters. The maximum Gasteiger partial charge on any atom is 0.417 e. The second kappa shape index (κ2) is 8.22. The Morgan fingerprint density at radius 3 is 2.34 bits per heavy atom. The maximum atomic E-state index is 13.2. The summed E-state index contributed by atoms with van der Waals surface area (Å²) in [5, 5.41) is 11.4. The van der Waals surface area contributed by atoms with Crippen LogP contribution in [0.3, 0.4) is 0 Å². The molecule has 2 aromatic heterocycles. The molecule has 1 saturated heterocycles. The Hall–Kier alpha value is -2.91. The molecule has 10 heteroatoms. The predicted molar refractivity (Wildman–Crippen MR) is 112 cm³/mol. The van der Waals surface area contributed by atoms with Crippen LogP contribution in [0.25, 0.3) is 11.3 Å². The molecule has 172 valence electrons. The van der Waals surface area contributed by atoms with Gasteiger partial charge in [0.2, 0.25) is 0 Å². The molecule has 0 bridgehead atoms. The van der Waals surface area contributed by atoms with E-state index in [0.29, 0.717) is 30.7 Å². The van der Waals surface area contributed by atoms with Gasteiger partial charge in [0.05, 0.1) is 11.3 Å². The average Bonchev–Trinajstić information content (AvgIpc) is 3.25. The van der Waals surface area contributed by atoms with E-state index in [-0.39, 0.29) is 23.4 Å². The fraction of sp³-hybridized carbons (Fsp3) is 0.545. The highest BCUT2D eigenvalue weighted by atomic mass is 19.4. The number of likely N-dealkylation sites (tertiary alicyclic amines) is 1. The predicted octanol–water partition coefficient (Wildman–Crippen LogP) is 4.61. The van der Waals surface area contributed by atoms with Crippen molar-refractivity contribution in [3.63, 3.8) is 0 Å². The third-order valence-electron chi connectivity index (χ3n) is 5.82. The van der Waals surface area contributed by atoms with Crippen molar-refractivity contribution in [1.29, 1.82) is 0 Å². The van der Waals surface area contributed by atoms with Crippen molar-refractivity contribution in [2.75, 3.05) is 18.4 Å². The van der Waals surface area contributed by atoms with E-state index in [9.17, 15) is 18.0 Å². The van der Waals surface area contributed by atoms with Crippen molar-refractivity contribution in [2.24, 2.45) is 11.8 Å². The van der Waals surface area contributed by atoms with E-state index in [1.54, 1.807) is 11.0 Å². The van der Waals surface area contributed by atoms with Crippen LogP contribution < -0.4 is 5.32 Å². The van der Waals surface area contributed by atoms with E-state index in [2.05, 4.69) is 20.5 Å². The number of anilines is 1. The van der Waals surface area contributed by atoms with Crippen LogP contribution in [0.15, 0.2) is 30.6 Å². The fourth-order valence-corrected chi connectivity index (χ4v) is 4.50. The average molecular weight is 449 g/mol. The number of pyridine rings is 1. The molecule has 0 spiro atoms. The van der Waals surface area contributed by atoms with Crippen LogP contribution in [-0.4, -0.2) is 50.9 Å². The van der Waals surface area contributed by atoms with Gasteiger partial charge in [-0.25, -0.2) is 4.79 Å². The molecule has 3 atom stereocenters. The lowest BCUT2D eigenvalue weighted by Gasteiger charge is -2.25. The number of hydrogen-bond donors (Lipinski definition) is 1. The topological polar surface area (TPSA) is 80.2 Å². The van der Waals surface area contributed by atoms with Gasteiger partial charge < -0.3 is 15.0 Å². The highest BCUT2D eigenvalue weighted by Gasteiger charge is 2.43. The summed E-state index contributed by atoms with van der Waals surface area (Å²) in [7, 11) is 0. The molecule has 1 amide bonds. The van der Waals surface area contributed by atoms with Gasteiger partial charge in [-0.3, -0.25) is 4.98 Å². The molecule has 3 heterocycles. The summed E-state index contributed by atoms with van der Waals surface area (Å²) in [6.45, 7) is 6.90. The molecule has 1 aliphatic carbocycles. The van der Waals surface area contributed by atoms with Gasteiger partial charge in [0, 0.05) is 37.1 Å². The number of fused-ring (bicyclic) bond motifs is 1. The summed E-state index contributed by atoms with van der Waals surface area (Å²) in [5.41, 5.74) is -1.29. The lowest BCUT2D eigenvalue weighted by atomic mass is 10.0. The van der Waals surface area contributed by atoms with Crippen LogP contribution in [-0.2, 0) is 10.9 Å². The standard InChI is InChI=1S/C22H26F3N5O2/c1-21(2,3)32-20(31)30-11-13-8-15(9-14(13)12-30)27-19-5-4-18(28-29-19)16-10-26-7-6-17(16)22(23,24)25/h4-7,10,13-15H,8-9,11-12H2,1-3H3,(H,27,29)/t13-,14?,15+/m1/s1. The molecule has 0 aromatic carbocycles. The normalized spacial score (nSPS) is 23.2. The van der Waals surface area contributed by atoms with Gasteiger partial charge in [0.15, 0.2) is 0 Å². The summed E-state index contributed by atoms with van der Waals surface area (Å²) in [5.74, 6) is 1.29. The van der Waals surface area contributed by atoms with Gasteiger partial charge in [0.1, 0.15) is 11.4 Å². The van der Waals surface area contributed by atoms with Crippen molar-refractivity contribution in [3.05, 3.63) is 36.2 Å². The lowest BCUT2D eigenvalue weighted by Crippen LogP contribution is -2.36. The SMILES string of the molecule is CC(C)(C)OC(=O)N1CC2C[C@@H](Nc3ccc(-c4cnccc4C(F)(F)F)nn3)C[C@@H]2C1. The van der Waals surface area contributed by atoms with E-state index >= 15 is 0 Å². The first kappa shape index (κ1) is 22.3. The van der Waals surface area contributed by atoms with Crippen LogP contribution in [0.2, 0.25) is 0 Å². The van der Waals surface area contributed by atoms with Crippen LogP contribution in [0.5, 0.6) is 0 Å². The third kappa shape index (κ3) is 4.94. The first-order valence-electron chi connectivity index (χ1n) is 10.6. The number of aromatic nitrogens is 3. The Morgan fingerprint density at radius 2 is 1.78 bits per heavy atom. The monoisotopic (exact) mass is 449 g/mol. The number of nitrogens with zero attached hydrogens (tertiary/aromatic N) is 4. The molecule has 1 aliphatic heterocycles. The Bertz CT molecular complexity index is 961. The number of alkyl halides is 3. The molecule has 2 fully saturated rings. The molecular weight excluding hydrogens is 423 g/mol. The minimum atomic E-state index is -4.49. The number of hydrogen-bond acceptors (Lipinski definition) is 6. The van der Waals surface area contributed by atoms with Crippen LogP contribution in [0.1, 0.15) is 39.2 Å². The minimum absolute atomic E-state index is 0.100. The number of nitrogens with one attached hydrogen (secondary N) is 1. The zero-order valence-corrected chi connectivity index (χ0v) is 18.2. The van der Waals surface area contributed by atoms with E-state index < -0.39 is 17.3 Å². The summed E-state index contributed by atoms with van der Waals surface area (Å²) in [4.78, 5) is 17.9. The van der Waals surface area contributed by atoms with Crippen molar-refractivity contribution in [1.82, 2.24) is 20.1 Å². The lowest BCUT2D eigenvalue weighted by molar-refractivity contribution is -0.137. The Morgan fingerprint density at radius 1 is 1.09 bits per heavy atom. The number of rotatable bonds is 3. The summed E-state index contributed by atoms with van der Waals surface area (Å²) in [6.07, 6.45) is -0.745. The zero-order chi connectivity index (χ0) is 23.1. The Labute approximate surface area is 184 Å². The van der Waals surface area contributed by atoms with Crippen LogP contribution in [0, 0.1) is 11.8 Å². The maximum absolute atomic E-state index is 13.2. The van der Waals surface area contributed by atoms with Crippen molar-refractivity contribution >= 4 is 11.9 Å². The quantitative estimate of drug-likeness (QED) is 0.737. The fourth-order valence-electron chi connectivity index (χ4n) is 4.50. The largest absolute Gasteiger partial charge is 0.444 e. The van der Waals surface area contributed by atoms with Crippen LogP contribution in [0.4, 0.5) is 23.8 Å². The number of ether oxygens (including phenoxy) is 1. The smallest absolute Gasteiger partial charge is 0.417 e. The van der Waals surface area contributed by atoms with E-state index in [0.717, 1.165) is 31.3 Å². The zero-order valence-electron chi connectivity index (χ0n) is 18.2. The number of carbonyl (C=O) groups excluding carboxylic acids is 1. The van der Waals surface area contributed by atoms with Crippen molar-refractivity contribution in [2.45, 2.75) is 51.4 Å². The molecule has 4 rings (SSSR count). The first-order valence-corrected chi connectivity index (χ1v) is 10.6. The molecule has 32 heavy (non-hydrogen) atoms. The molecule has 2 aromatic rings. The second-order valence-corrected chi connectivity index (χ2v) is 9.44. The Kier molecular flexibility index (Phi) is 5.72. The number of amides is 1. The first-order chi connectivity index (χ1) is 15.0. The van der Waals surface area contributed by atoms with Crippen LogP contribution >= 0.6 is 0 Å². The van der Waals surface area contributed by atoms with Crippen molar-refractivity contribution < 1.29 is 22.7 Å². The second-order valence-electron chi connectivity index (χ2n) is 9.44. The van der Waals surface area contributed by atoms with Gasteiger partial charge in [0.25, 0.3) is 0 Å². The molecule has 7 nitrogen and oxygen atoms in total. The van der Waals surface area contributed by atoms with Crippen molar-refractivity contribution in [3.8, 4) is 11.3 Å². The highest BCUT2D eigenvalue weighted by molar-refractivity contribution is 5.68. The van der Waals surface area contributed by atoms with Gasteiger partial charge in [-0.05, 0) is 63.6 Å². The Balaban J connectivity index is 1.35. The minimum Gasteiger partial charge on any atom is -0.444 e. The highest BCUT2D eigenvalue weighted by Crippen LogP contribution is 2.40. The molecule has 1 saturated carbocycles. The summed E-state index contributed by atoms with van der Waals surface area (Å²) < 4.78 is 45.2. The van der Waals surface area contributed by atoms with Gasteiger partial charge in [-0.15, -0.1) is 10.2 Å². The molecule has 0 radical (unpaired) electrons. The summed E-state index contributed by atoms with van der Waals surface area (Å²) in [6, 6.07) is 4.26. The van der Waals surface area contributed by atoms with E-state index in [1.807, 2.05) is 20.8 Å². The third-order valence-corrected chi connectivity index (χ3v) is 5.82. The molecular formula is C22H26F3N5O2. The van der Waals surface area contributed by atoms with Gasteiger partial charge in [-0.1, -0.05) is 0 Å². The molecule has 2 aliphatic rings. The van der Waals surface area contributed by atoms with E-state index in [4.69, 9.17) is 4.74 Å². The molecule has 1 N–H and O–H groups in total. The number of carbonyl (C=O) groups is 1. The summed E-state index contributed by atoms with van der Waals surface area (Å²) >= 11 is 0. The number of halogens is 3.